The van der Waals surface area contributed by atoms with Crippen LogP contribution in [-0.4, -0.2) is 15.1 Å². The summed E-state index contributed by atoms with van der Waals surface area (Å²) in [5.74, 6) is -0.596. The van der Waals surface area contributed by atoms with Crippen LogP contribution in [0.15, 0.2) is 46.1 Å². The number of aromatic nitrogens is 2. The number of rotatable bonds is 3. The predicted octanol–water partition coefficient (Wildman–Crippen LogP) is 4.00. The van der Waals surface area contributed by atoms with Gasteiger partial charge in [-0.25, -0.2) is 0 Å². The fourth-order valence-corrected chi connectivity index (χ4v) is 3.26. The molecule has 124 valence electrons. The lowest BCUT2D eigenvalue weighted by molar-refractivity contribution is -0.430. The van der Waals surface area contributed by atoms with Gasteiger partial charge >= 0.3 is 0 Å². The topological polar surface area (TPSA) is 94.1 Å². The summed E-state index contributed by atoms with van der Waals surface area (Å²) >= 11 is 12.4. The maximum Gasteiger partial charge on any atom is 0.277 e. The lowest BCUT2D eigenvalue weighted by atomic mass is 9.84. The average molecular weight is 367 g/mol. The Bertz CT molecular complexity index is 875. The number of nitrogens with one attached hydrogen (secondary N) is 1. The van der Waals surface area contributed by atoms with E-state index in [2.05, 4.69) is 15.5 Å². The average Bonchev–Trinajstić information content (AvgIpc) is 3.02. The van der Waals surface area contributed by atoms with Crippen LogP contribution in [0.1, 0.15) is 31.2 Å². The van der Waals surface area contributed by atoms with Crippen LogP contribution < -0.4 is 5.32 Å². The molecule has 0 aliphatic carbocycles. The molecule has 1 aliphatic heterocycles. The van der Waals surface area contributed by atoms with Gasteiger partial charge in [0.2, 0.25) is 12.3 Å². The molecule has 0 radical (unpaired) electrons. The first-order valence-electron chi connectivity index (χ1n) is 6.95. The van der Waals surface area contributed by atoms with Crippen LogP contribution in [0.4, 0.5) is 0 Å². The lowest BCUT2D eigenvalue weighted by Gasteiger charge is -2.26. The van der Waals surface area contributed by atoms with Gasteiger partial charge in [0.1, 0.15) is 5.92 Å². The van der Waals surface area contributed by atoms with E-state index in [1.165, 1.54) is 6.39 Å². The van der Waals surface area contributed by atoms with Gasteiger partial charge in [0.15, 0.2) is 0 Å². The molecule has 3 rings (SSSR count). The summed E-state index contributed by atoms with van der Waals surface area (Å²) in [5.41, 5.74) is 2.04. The van der Waals surface area contributed by atoms with Crippen LogP contribution in [-0.2, 0) is 0 Å². The Morgan fingerprint density at radius 2 is 2.04 bits per heavy atom. The van der Waals surface area contributed by atoms with E-state index in [1.807, 2.05) is 0 Å². The highest BCUT2D eigenvalue weighted by atomic mass is 35.5. The highest BCUT2D eigenvalue weighted by Gasteiger charge is 2.40. The van der Waals surface area contributed by atoms with Crippen LogP contribution >= 0.6 is 23.2 Å². The van der Waals surface area contributed by atoms with Gasteiger partial charge in [-0.15, -0.1) is 10.2 Å². The van der Waals surface area contributed by atoms with Crippen molar-refractivity contribution in [3.63, 3.8) is 0 Å². The summed E-state index contributed by atoms with van der Waals surface area (Å²) in [4.78, 5) is 11.3. The zero-order valence-electron chi connectivity index (χ0n) is 12.7. The second-order valence-corrected chi connectivity index (χ2v) is 6.04. The molecule has 0 fully saturated rings. The number of benzene rings is 1. The van der Waals surface area contributed by atoms with Crippen molar-refractivity contribution >= 4 is 28.8 Å². The molecule has 7 nitrogen and oxygen atoms in total. The third-order valence-corrected chi connectivity index (χ3v) is 4.64. The minimum Gasteiger partial charge on any atom is -0.424 e. The van der Waals surface area contributed by atoms with Crippen molar-refractivity contribution in [2.24, 2.45) is 0 Å². The third-order valence-electron chi connectivity index (χ3n) is 3.80. The van der Waals surface area contributed by atoms with Crippen LogP contribution in [0.5, 0.6) is 0 Å². The molecule has 0 spiro atoms. The Labute approximate surface area is 147 Å². The van der Waals surface area contributed by atoms with E-state index in [4.69, 9.17) is 27.6 Å². The molecule has 2 aromatic rings. The summed E-state index contributed by atoms with van der Waals surface area (Å²) in [5, 5.41) is 22.8. The molecule has 1 aliphatic rings. The largest absolute Gasteiger partial charge is 0.424 e. The normalized spacial score (nSPS) is 17.9. The highest BCUT2D eigenvalue weighted by Crippen LogP contribution is 2.46. The molecule has 0 saturated carbocycles. The molecule has 1 N–H and O–H groups in total. The van der Waals surface area contributed by atoms with Gasteiger partial charge in [-0.1, -0.05) is 35.3 Å². The lowest BCUT2D eigenvalue weighted by Crippen LogP contribution is -2.27. The predicted molar refractivity (Wildman–Crippen MR) is 88.9 cm³/mol. The number of nitro groups is 1. The summed E-state index contributed by atoms with van der Waals surface area (Å²) in [6.07, 6.45) is 1.17. The molecule has 24 heavy (non-hydrogen) atoms. The first kappa shape index (κ1) is 16.5. The van der Waals surface area contributed by atoms with Crippen LogP contribution in [0.2, 0.25) is 10.0 Å². The minimum absolute atomic E-state index is 0.0435. The number of hydrogen-bond acceptors (Lipinski definition) is 6. The van der Waals surface area contributed by atoms with E-state index in [0.717, 1.165) is 0 Å². The van der Waals surface area contributed by atoms with Crippen molar-refractivity contribution < 1.29 is 9.34 Å². The SMILES string of the molecule is CC1=C(c2nnco2)C(c2cccc(Cl)c2Cl)C([N+](=O)[O-])=C(C)N1. The van der Waals surface area contributed by atoms with E-state index in [1.54, 1.807) is 32.0 Å². The second kappa shape index (κ2) is 6.26. The van der Waals surface area contributed by atoms with Gasteiger partial charge in [0, 0.05) is 5.70 Å². The molecule has 0 bridgehead atoms. The summed E-state index contributed by atoms with van der Waals surface area (Å²) in [7, 11) is 0. The van der Waals surface area contributed by atoms with Gasteiger partial charge in [-0.05, 0) is 25.5 Å². The Morgan fingerprint density at radius 1 is 1.29 bits per heavy atom. The molecule has 9 heteroatoms. The molecule has 2 heterocycles. The van der Waals surface area contributed by atoms with Gasteiger partial charge in [0.25, 0.3) is 5.70 Å². The van der Waals surface area contributed by atoms with E-state index in [-0.39, 0.29) is 16.6 Å². The standard InChI is InChI=1S/C15H12Cl2N4O3/c1-7-11(15-20-18-6-24-15)12(14(21(22)23)8(2)19-7)9-4-3-5-10(16)13(9)17/h3-6,12,19H,1-2H3. The Hall–Kier alpha value is -2.38. The van der Waals surface area contributed by atoms with E-state index < -0.39 is 10.8 Å². The fourth-order valence-electron chi connectivity index (χ4n) is 2.85. The zero-order chi connectivity index (χ0) is 17.4. The number of halogens is 2. The maximum atomic E-state index is 11.7. The third kappa shape index (κ3) is 2.65. The van der Waals surface area contributed by atoms with Crippen molar-refractivity contribution in [3.05, 3.63) is 73.3 Å². The minimum atomic E-state index is -0.784. The maximum absolute atomic E-state index is 11.7. The van der Waals surface area contributed by atoms with Gasteiger partial charge in [0.05, 0.1) is 26.2 Å². The van der Waals surface area contributed by atoms with Gasteiger partial charge in [-0.3, -0.25) is 10.1 Å². The van der Waals surface area contributed by atoms with Crippen LogP contribution in [0.25, 0.3) is 5.57 Å². The molecular weight excluding hydrogens is 355 g/mol. The first-order valence-corrected chi connectivity index (χ1v) is 7.70. The molecule has 0 saturated heterocycles. The summed E-state index contributed by atoms with van der Waals surface area (Å²) < 4.78 is 5.29. The molecule has 1 unspecified atom stereocenters. The van der Waals surface area contributed by atoms with Crippen molar-refractivity contribution in [3.8, 4) is 0 Å². The van der Waals surface area contributed by atoms with E-state index in [0.29, 0.717) is 27.6 Å². The smallest absolute Gasteiger partial charge is 0.277 e. The Morgan fingerprint density at radius 3 is 2.67 bits per heavy atom. The molecule has 1 atom stereocenters. The number of nitrogens with zero attached hydrogens (tertiary/aromatic N) is 3. The van der Waals surface area contributed by atoms with Crippen LogP contribution in [0, 0.1) is 10.1 Å². The highest BCUT2D eigenvalue weighted by molar-refractivity contribution is 6.42. The molecular formula is C15H12Cl2N4O3. The number of hydrogen-bond donors (Lipinski definition) is 1. The van der Waals surface area contributed by atoms with Crippen molar-refractivity contribution in [2.75, 3.05) is 0 Å². The Balaban J connectivity index is 2.30. The van der Waals surface area contributed by atoms with E-state index >= 15 is 0 Å². The van der Waals surface area contributed by atoms with Gasteiger partial charge in [-0.2, -0.15) is 0 Å². The quantitative estimate of drug-likeness (QED) is 0.651. The van der Waals surface area contributed by atoms with E-state index in [9.17, 15) is 10.1 Å². The second-order valence-electron chi connectivity index (χ2n) is 5.25. The first-order chi connectivity index (χ1) is 11.4. The molecule has 0 amide bonds. The molecule has 1 aromatic carbocycles. The van der Waals surface area contributed by atoms with Crippen LogP contribution in [0.3, 0.4) is 0 Å². The van der Waals surface area contributed by atoms with Crippen molar-refractivity contribution in [1.82, 2.24) is 15.5 Å². The molecule has 1 aromatic heterocycles. The van der Waals surface area contributed by atoms with Crippen molar-refractivity contribution in [1.29, 1.82) is 0 Å². The monoisotopic (exact) mass is 366 g/mol. The van der Waals surface area contributed by atoms with Gasteiger partial charge < -0.3 is 9.73 Å². The zero-order valence-corrected chi connectivity index (χ0v) is 14.2. The summed E-state index contributed by atoms with van der Waals surface area (Å²) in [6, 6.07) is 5.02. The number of allylic oxidation sites excluding steroid dienone is 3. The summed E-state index contributed by atoms with van der Waals surface area (Å²) in [6.45, 7) is 3.42. The fraction of sp³-hybridized carbons (Fsp3) is 0.200. The Kier molecular flexibility index (Phi) is 4.29. The van der Waals surface area contributed by atoms with Crippen molar-refractivity contribution in [2.45, 2.75) is 19.8 Å². The number of dihydropyridines is 1.